The molecule has 0 saturated heterocycles. The van der Waals surface area contributed by atoms with Crippen LogP contribution in [0, 0.1) is 0 Å². The summed E-state index contributed by atoms with van der Waals surface area (Å²) in [7, 11) is 4.75. The highest BCUT2D eigenvalue weighted by molar-refractivity contribution is 6.13. The van der Waals surface area contributed by atoms with E-state index in [-0.39, 0.29) is 5.75 Å². The van der Waals surface area contributed by atoms with Gasteiger partial charge in [0, 0.05) is 17.7 Å². The van der Waals surface area contributed by atoms with Crippen molar-refractivity contribution in [3.8, 4) is 23.0 Å². The number of aromatic hydroxyl groups is 1. The Morgan fingerprint density at radius 1 is 0.889 bits per heavy atom. The Bertz CT molecular complexity index is 945. The number of nitrogens with zero attached hydrogens (tertiary/aromatic N) is 2. The number of rotatable bonds is 5. The molecule has 6 nitrogen and oxygen atoms in total. The summed E-state index contributed by atoms with van der Waals surface area (Å²) in [5.41, 5.74) is 4.51. The molecule has 0 amide bonds. The van der Waals surface area contributed by atoms with Gasteiger partial charge in [-0.1, -0.05) is 12.1 Å². The number of allylic oxidation sites excluding steroid dienone is 1. The van der Waals surface area contributed by atoms with Gasteiger partial charge in [-0.05, 0) is 48.4 Å². The number of ether oxygens (including phenoxy) is 3. The van der Waals surface area contributed by atoms with Crippen molar-refractivity contribution in [3.05, 3.63) is 53.1 Å². The summed E-state index contributed by atoms with van der Waals surface area (Å²) in [6.07, 6.45) is 4.47. The topological polar surface area (TPSA) is 72.6 Å². The Labute approximate surface area is 158 Å². The number of fused-ring (bicyclic) bond motifs is 1. The number of hydrogen-bond acceptors (Lipinski definition) is 6. The van der Waals surface area contributed by atoms with E-state index in [1.54, 1.807) is 32.4 Å². The lowest BCUT2D eigenvalue weighted by Crippen LogP contribution is -2.05. The summed E-state index contributed by atoms with van der Waals surface area (Å²) in [6, 6.07) is 9.04. The fourth-order valence-electron chi connectivity index (χ4n) is 2.91. The molecular formula is C21H22N2O4. The number of hydrogen-bond donors (Lipinski definition) is 1. The van der Waals surface area contributed by atoms with Gasteiger partial charge in [0.1, 0.15) is 0 Å². The third kappa shape index (κ3) is 3.95. The fourth-order valence-corrected chi connectivity index (χ4v) is 2.91. The van der Waals surface area contributed by atoms with E-state index in [1.807, 2.05) is 31.2 Å². The first-order valence-corrected chi connectivity index (χ1v) is 8.47. The van der Waals surface area contributed by atoms with Crippen LogP contribution < -0.4 is 14.2 Å². The van der Waals surface area contributed by atoms with Gasteiger partial charge < -0.3 is 19.3 Å². The van der Waals surface area contributed by atoms with E-state index in [1.165, 1.54) is 7.11 Å². The summed E-state index contributed by atoms with van der Waals surface area (Å²) < 4.78 is 16.0. The molecule has 0 aromatic heterocycles. The molecule has 0 bridgehead atoms. The molecule has 3 rings (SSSR count). The van der Waals surface area contributed by atoms with Crippen LogP contribution in [0.15, 0.2) is 46.6 Å². The zero-order valence-electron chi connectivity index (χ0n) is 15.8. The number of phenols is 1. The molecule has 1 heterocycles. The molecule has 2 aromatic rings. The Balaban J connectivity index is 2.03. The number of methoxy groups -OCH3 is 3. The summed E-state index contributed by atoms with van der Waals surface area (Å²) in [6.45, 7) is 1.95. The molecule has 0 spiro atoms. The molecule has 1 N–H and O–H groups in total. The zero-order chi connectivity index (χ0) is 19.4. The van der Waals surface area contributed by atoms with Crippen LogP contribution in [0.5, 0.6) is 23.0 Å². The smallest absolute Gasteiger partial charge is 0.161 e. The van der Waals surface area contributed by atoms with Crippen LogP contribution in [0.2, 0.25) is 0 Å². The second-order valence-electron chi connectivity index (χ2n) is 6.13. The maximum absolute atomic E-state index is 9.74. The minimum Gasteiger partial charge on any atom is -0.504 e. The summed E-state index contributed by atoms with van der Waals surface area (Å²) in [5, 5.41) is 18.4. The van der Waals surface area contributed by atoms with Crippen molar-refractivity contribution in [3.63, 3.8) is 0 Å². The Kier molecular flexibility index (Phi) is 5.45. The van der Waals surface area contributed by atoms with Crippen molar-refractivity contribution in [2.24, 2.45) is 10.2 Å². The molecule has 6 heteroatoms. The standard InChI is InChI=1S/C21H22N2O4/c1-13-9-15-11-20(26-3)21(27-4)12-16(15)17(23-22-13)7-5-14-6-8-18(24)19(10-14)25-2/h5-8,10-12,24H,9H2,1-4H3. The fraction of sp³-hybridized carbons (Fsp3) is 0.238. The molecule has 2 aromatic carbocycles. The van der Waals surface area contributed by atoms with E-state index in [0.29, 0.717) is 23.7 Å². The first-order chi connectivity index (χ1) is 13.0. The molecule has 0 atom stereocenters. The Morgan fingerprint density at radius 2 is 1.59 bits per heavy atom. The third-order valence-corrected chi connectivity index (χ3v) is 4.30. The van der Waals surface area contributed by atoms with E-state index >= 15 is 0 Å². The minimum absolute atomic E-state index is 0.101. The average molecular weight is 366 g/mol. The monoisotopic (exact) mass is 366 g/mol. The molecule has 27 heavy (non-hydrogen) atoms. The van der Waals surface area contributed by atoms with Crippen molar-refractivity contribution < 1.29 is 19.3 Å². The molecule has 0 saturated carbocycles. The van der Waals surface area contributed by atoms with Crippen LogP contribution in [0.25, 0.3) is 6.08 Å². The average Bonchev–Trinajstić information content (AvgIpc) is 2.83. The highest BCUT2D eigenvalue weighted by Gasteiger charge is 2.17. The minimum atomic E-state index is 0.101. The maximum Gasteiger partial charge on any atom is 0.161 e. The lowest BCUT2D eigenvalue weighted by Gasteiger charge is -2.13. The van der Waals surface area contributed by atoms with Crippen molar-refractivity contribution >= 4 is 17.5 Å². The third-order valence-electron chi connectivity index (χ3n) is 4.30. The van der Waals surface area contributed by atoms with Gasteiger partial charge in [-0.3, -0.25) is 0 Å². The molecule has 0 aliphatic carbocycles. The second kappa shape index (κ2) is 7.95. The van der Waals surface area contributed by atoms with Crippen molar-refractivity contribution in [2.75, 3.05) is 21.3 Å². The predicted molar refractivity (Wildman–Crippen MR) is 107 cm³/mol. The van der Waals surface area contributed by atoms with Crippen molar-refractivity contribution in [1.82, 2.24) is 0 Å². The van der Waals surface area contributed by atoms with Gasteiger partial charge in [-0.25, -0.2) is 0 Å². The largest absolute Gasteiger partial charge is 0.504 e. The quantitative estimate of drug-likeness (QED) is 0.872. The molecular weight excluding hydrogens is 344 g/mol. The van der Waals surface area contributed by atoms with Crippen LogP contribution in [-0.4, -0.2) is 37.9 Å². The van der Waals surface area contributed by atoms with E-state index in [4.69, 9.17) is 14.2 Å². The van der Waals surface area contributed by atoms with Crippen molar-refractivity contribution in [2.45, 2.75) is 13.3 Å². The molecule has 1 aliphatic heterocycles. The molecule has 0 fully saturated rings. The number of phenolic OH excluding ortho intramolecular Hbond substituents is 1. The maximum atomic E-state index is 9.74. The van der Waals surface area contributed by atoms with Gasteiger partial charge in [0.2, 0.25) is 0 Å². The second-order valence-corrected chi connectivity index (χ2v) is 6.13. The van der Waals surface area contributed by atoms with Crippen LogP contribution in [0.1, 0.15) is 23.6 Å². The van der Waals surface area contributed by atoms with E-state index < -0.39 is 0 Å². The predicted octanol–water partition coefficient (Wildman–Crippen LogP) is 3.85. The number of benzene rings is 2. The van der Waals surface area contributed by atoms with Gasteiger partial charge in [-0.2, -0.15) is 10.2 Å². The van der Waals surface area contributed by atoms with E-state index in [9.17, 15) is 5.11 Å². The summed E-state index contributed by atoms with van der Waals surface area (Å²) >= 11 is 0. The highest BCUT2D eigenvalue weighted by atomic mass is 16.5. The first-order valence-electron chi connectivity index (χ1n) is 8.47. The SMILES string of the molecule is COc1cc(C=CC2=NN=C(C)Cc3cc(OC)c(OC)cc32)ccc1O. The van der Waals surface area contributed by atoms with Gasteiger partial charge in [-0.15, -0.1) is 0 Å². The van der Waals surface area contributed by atoms with Gasteiger partial charge >= 0.3 is 0 Å². The first kappa shape index (κ1) is 18.5. The zero-order valence-corrected chi connectivity index (χ0v) is 15.8. The van der Waals surface area contributed by atoms with Gasteiger partial charge in [0.15, 0.2) is 23.0 Å². The van der Waals surface area contributed by atoms with Crippen LogP contribution in [-0.2, 0) is 6.42 Å². The van der Waals surface area contributed by atoms with Gasteiger partial charge in [0.25, 0.3) is 0 Å². The molecule has 140 valence electrons. The van der Waals surface area contributed by atoms with Crippen LogP contribution in [0.3, 0.4) is 0 Å². The Morgan fingerprint density at radius 3 is 2.30 bits per heavy atom. The van der Waals surface area contributed by atoms with Crippen molar-refractivity contribution in [1.29, 1.82) is 0 Å². The summed E-state index contributed by atoms with van der Waals surface area (Å²) in [5.74, 6) is 1.84. The normalized spacial score (nSPS) is 13.5. The molecule has 1 aliphatic rings. The lowest BCUT2D eigenvalue weighted by molar-refractivity contribution is 0.354. The lowest BCUT2D eigenvalue weighted by atomic mass is 9.97. The molecule has 0 unspecified atom stereocenters. The van der Waals surface area contributed by atoms with E-state index in [0.717, 1.165) is 28.1 Å². The van der Waals surface area contributed by atoms with E-state index in [2.05, 4.69) is 10.2 Å². The summed E-state index contributed by atoms with van der Waals surface area (Å²) in [4.78, 5) is 0. The highest BCUT2D eigenvalue weighted by Crippen LogP contribution is 2.33. The Hall–Kier alpha value is -3.28. The van der Waals surface area contributed by atoms with Crippen LogP contribution >= 0.6 is 0 Å². The van der Waals surface area contributed by atoms with Crippen LogP contribution in [0.4, 0.5) is 0 Å². The molecule has 0 radical (unpaired) electrons. The van der Waals surface area contributed by atoms with Gasteiger partial charge in [0.05, 0.1) is 27.0 Å².